The molecule has 146 valence electrons. The third-order valence-electron chi connectivity index (χ3n) is 4.27. The number of rotatable bonds is 5. The van der Waals surface area contributed by atoms with Crippen LogP contribution < -0.4 is 5.32 Å². The quantitative estimate of drug-likeness (QED) is 0.769. The van der Waals surface area contributed by atoms with E-state index in [0.717, 1.165) is 4.31 Å². The van der Waals surface area contributed by atoms with E-state index in [2.05, 4.69) is 10.3 Å². The van der Waals surface area contributed by atoms with Crippen molar-refractivity contribution in [3.63, 3.8) is 0 Å². The minimum absolute atomic E-state index is 0.0381. The summed E-state index contributed by atoms with van der Waals surface area (Å²) in [5.74, 6) is -0.975. The van der Waals surface area contributed by atoms with E-state index >= 15 is 0 Å². The Bertz CT molecular complexity index is 1060. The van der Waals surface area contributed by atoms with Crippen LogP contribution in [0.25, 0.3) is 11.3 Å². The number of anilines is 1. The molecule has 1 aromatic carbocycles. The van der Waals surface area contributed by atoms with E-state index < -0.39 is 25.8 Å². The summed E-state index contributed by atoms with van der Waals surface area (Å²) in [5, 5.41) is 4.79. The second-order valence-electron chi connectivity index (χ2n) is 6.44. The molecule has 1 aliphatic rings. The SMILES string of the molecule is CN(C)S(=O)(=O)c1ccc(-c2csc(NC(=O)[C@H]3CCS(=O)(=O)C3)n2)cc1. The van der Waals surface area contributed by atoms with Crippen LogP contribution in [0, 0.1) is 5.92 Å². The van der Waals surface area contributed by atoms with Gasteiger partial charge in [-0.2, -0.15) is 0 Å². The van der Waals surface area contributed by atoms with E-state index in [1.54, 1.807) is 17.5 Å². The van der Waals surface area contributed by atoms with Crippen molar-refractivity contribution in [1.82, 2.24) is 9.29 Å². The zero-order valence-corrected chi connectivity index (χ0v) is 17.2. The summed E-state index contributed by atoms with van der Waals surface area (Å²) >= 11 is 1.23. The van der Waals surface area contributed by atoms with Crippen LogP contribution >= 0.6 is 11.3 Å². The molecule has 2 heterocycles. The molecular formula is C16H19N3O5S3. The number of nitrogens with zero attached hydrogens (tertiary/aromatic N) is 2. The van der Waals surface area contributed by atoms with Gasteiger partial charge >= 0.3 is 0 Å². The Morgan fingerprint density at radius 2 is 1.93 bits per heavy atom. The van der Waals surface area contributed by atoms with Gasteiger partial charge in [-0.1, -0.05) is 12.1 Å². The van der Waals surface area contributed by atoms with Gasteiger partial charge in [0.05, 0.1) is 28.0 Å². The van der Waals surface area contributed by atoms with Crippen LogP contribution in [0.4, 0.5) is 5.13 Å². The molecule has 8 nitrogen and oxygen atoms in total. The zero-order valence-electron chi connectivity index (χ0n) is 14.7. The lowest BCUT2D eigenvalue weighted by Gasteiger charge is -2.11. The highest BCUT2D eigenvalue weighted by Crippen LogP contribution is 2.27. The third-order valence-corrected chi connectivity index (χ3v) is 8.62. The molecule has 0 spiro atoms. The van der Waals surface area contributed by atoms with Gasteiger partial charge in [0.15, 0.2) is 15.0 Å². The van der Waals surface area contributed by atoms with Gasteiger partial charge in [0.1, 0.15) is 0 Å². The molecule has 0 unspecified atom stereocenters. The first-order valence-electron chi connectivity index (χ1n) is 8.08. The Morgan fingerprint density at radius 1 is 1.26 bits per heavy atom. The normalized spacial score (nSPS) is 19.3. The molecule has 1 atom stereocenters. The molecule has 11 heteroatoms. The van der Waals surface area contributed by atoms with Crippen LogP contribution in [-0.2, 0) is 24.7 Å². The van der Waals surface area contributed by atoms with Gasteiger partial charge in [-0.15, -0.1) is 11.3 Å². The Labute approximate surface area is 162 Å². The van der Waals surface area contributed by atoms with Gasteiger partial charge in [-0.25, -0.2) is 26.1 Å². The van der Waals surface area contributed by atoms with Gasteiger partial charge in [0, 0.05) is 25.0 Å². The van der Waals surface area contributed by atoms with Crippen molar-refractivity contribution < 1.29 is 21.6 Å². The van der Waals surface area contributed by atoms with Crippen molar-refractivity contribution in [3.05, 3.63) is 29.6 Å². The average molecular weight is 430 g/mol. The van der Waals surface area contributed by atoms with Gasteiger partial charge in [0.25, 0.3) is 0 Å². The van der Waals surface area contributed by atoms with E-state index in [1.165, 1.54) is 37.6 Å². The van der Waals surface area contributed by atoms with Gasteiger partial charge in [0.2, 0.25) is 15.9 Å². The number of carbonyl (C=O) groups is 1. The molecule has 3 rings (SSSR count). The van der Waals surface area contributed by atoms with Crippen molar-refractivity contribution in [1.29, 1.82) is 0 Å². The molecule has 0 radical (unpaired) electrons. The average Bonchev–Trinajstić information content (AvgIpc) is 3.21. The fourth-order valence-corrected chi connectivity index (χ4v) is 6.05. The highest BCUT2D eigenvalue weighted by atomic mass is 32.2. The summed E-state index contributed by atoms with van der Waals surface area (Å²) in [5.41, 5.74) is 1.32. The summed E-state index contributed by atoms with van der Waals surface area (Å²) in [6, 6.07) is 6.32. The molecule has 1 N–H and O–H groups in total. The van der Waals surface area contributed by atoms with E-state index in [-0.39, 0.29) is 22.3 Å². The number of thiazole rings is 1. The Kier molecular flexibility index (Phi) is 5.39. The van der Waals surface area contributed by atoms with Crippen LogP contribution in [0.3, 0.4) is 0 Å². The number of hydrogen-bond acceptors (Lipinski definition) is 7. The third kappa shape index (κ3) is 4.37. The first kappa shape index (κ1) is 19.9. The van der Waals surface area contributed by atoms with Gasteiger partial charge in [-0.05, 0) is 18.6 Å². The van der Waals surface area contributed by atoms with Gasteiger partial charge < -0.3 is 5.32 Å². The maximum absolute atomic E-state index is 12.2. The molecule has 1 aliphatic heterocycles. The van der Waals surface area contributed by atoms with Crippen LogP contribution in [0.15, 0.2) is 34.5 Å². The lowest BCUT2D eigenvalue weighted by atomic mass is 10.1. The first-order chi connectivity index (χ1) is 12.6. The number of nitrogens with one attached hydrogen (secondary N) is 1. The van der Waals surface area contributed by atoms with E-state index in [1.807, 2.05) is 0 Å². The second kappa shape index (κ2) is 7.30. The lowest BCUT2D eigenvalue weighted by molar-refractivity contribution is -0.119. The maximum Gasteiger partial charge on any atom is 0.242 e. The number of hydrogen-bond donors (Lipinski definition) is 1. The van der Waals surface area contributed by atoms with Crippen molar-refractivity contribution in [3.8, 4) is 11.3 Å². The van der Waals surface area contributed by atoms with Crippen LogP contribution in [-0.4, -0.2) is 57.6 Å². The molecule has 0 saturated carbocycles. The number of amides is 1. The molecular weight excluding hydrogens is 410 g/mol. The largest absolute Gasteiger partial charge is 0.302 e. The number of carbonyl (C=O) groups excluding carboxylic acids is 1. The van der Waals surface area contributed by atoms with Crippen LogP contribution in [0.5, 0.6) is 0 Å². The highest BCUT2D eigenvalue weighted by molar-refractivity contribution is 7.91. The molecule has 1 fully saturated rings. The monoisotopic (exact) mass is 429 g/mol. The zero-order chi connectivity index (χ0) is 19.8. The van der Waals surface area contributed by atoms with E-state index in [9.17, 15) is 21.6 Å². The second-order valence-corrected chi connectivity index (χ2v) is 11.7. The molecule has 1 amide bonds. The molecule has 27 heavy (non-hydrogen) atoms. The smallest absolute Gasteiger partial charge is 0.242 e. The predicted molar refractivity (Wildman–Crippen MR) is 104 cm³/mol. The van der Waals surface area contributed by atoms with Crippen molar-refractivity contribution in [2.75, 3.05) is 30.9 Å². The van der Waals surface area contributed by atoms with E-state index in [0.29, 0.717) is 22.8 Å². The highest BCUT2D eigenvalue weighted by Gasteiger charge is 2.33. The summed E-state index contributed by atoms with van der Waals surface area (Å²) < 4.78 is 48.3. The lowest BCUT2D eigenvalue weighted by Crippen LogP contribution is -2.23. The number of benzene rings is 1. The first-order valence-corrected chi connectivity index (χ1v) is 12.2. The van der Waals surface area contributed by atoms with Crippen molar-refractivity contribution in [2.45, 2.75) is 11.3 Å². The fourth-order valence-electron chi connectivity index (χ4n) is 2.68. The standard InChI is InChI=1S/C16H19N3O5S3/c1-19(2)27(23,24)13-5-3-11(4-6-13)14-9-25-16(17-14)18-15(20)12-7-8-26(21,22)10-12/h3-6,9,12H,7-8,10H2,1-2H3,(H,17,18,20)/t12-/m0/s1. The Hall–Kier alpha value is -1.82. The summed E-state index contributed by atoms with van der Waals surface area (Å²) in [6.45, 7) is 0. The molecule has 0 bridgehead atoms. The molecule has 0 aliphatic carbocycles. The topological polar surface area (TPSA) is 114 Å². The molecule has 1 saturated heterocycles. The Morgan fingerprint density at radius 3 is 2.48 bits per heavy atom. The van der Waals surface area contributed by atoms with Crippen molar-refractivity contribution in [2.24, 2.45) is 5.92 Å². The van der Waals surface area contributed by atoms with Crippen molar-refractivity contribution >= 4 is 42.2 Å². The summed E-state index contributed by atoms with van der Waals surface area (Å²) in [4.78, 5) is 16.7. The number of sulfonamides is 1. The van der Waals surface area contributed by atoms with Crippen LogP contribution in [0.2, 0.25) is 0 Å². The minimum atomic E-state index is -3.50. The predicted octanol–water partition coefficient (Wildman–Crippen LogP) is 1.43. The van der Waals surface area contributed by atoms with Gasteiger partial charge in [-0.3, -0.25) is 4.79 Å². The van der Waals surface area contributed by atoms with Crippen LogP contribution in [0.1, 0.15) is 6.42 Å². The molecule has 2 aromatic rings. The molecule has 1 aromatic heterocycles. The summed E-state index contributed by atoms with van der Waals surface area (Å²) in [7, 11) is -3.69. The Balaban J connectivity index is 1.72. The number of aromatic nitrogens is 1. The van der Waals surface area contributed by atoms with E-state index in [4.69, 9.17) is 0 Å². The maximum atomic E-state index is 12.2. The number of sulfone groups is 1. The minimum Gasteiger partial charge on any atom is -0.302 e. The fraction of sp³-hybridized carbons (Fsp3) is 0.375. The summed E-state index contributed by atoms with van der Waals surface area (Å²) in [6.07, 6.45) is 0.328.